The summed E-state index contributed by atoms with van der Waals surface area (Å²) in [6.07, 6.45) is 0. The van der Waals surface area contributed by atoms with Gasteiger partial charge in [0, 0.05) is 6.54 Å². The molecule has 0 bridgehead atoms. The fourth-order valence-electron chi connectivity index (χ4n) is 1.71. The van der Waals surface area contributed by atoms with E-state index in [1.54, 1.807) is 0 Å². The molecule has 1 N–H and O–H groups in total. The standard InChI is InChI=1S/C15H14N2/c16-10-11-17-12-13-6-8-15(9-7-13)14-4-2-1-3-5-14/h1-9,17H,11-12H2. The van der Waals surface area contributed by atoms with Crippen molar-refractivity contribution in [2.45, 2.75) is 6.54 Å². The van der Waals surface area contributed by atoms with E-state index in [1.807, 2.05) is 18.2 Å². The third-order valence-corrected chi connectivity index (χ3v) is 2.59. The van der Waals surface area contributed by atoms with Crippen molar-refractivity contribution < 1.29 is 0 Å². The molecule has 0 unspecified atom stereocenters. The van der Waals surface area contributed by atoms with Crippen LogP contribution in [0.4, 0.5) is 0 Å². The molecule has 0 atom stereocenters. The average Bonchev–Trinajstić information content (AvgIpc) is 2.41. The van der Waals surface area contributed by atoms with Crippen LogP contribution in [0.3, 0.4) is 0 Å². The molecule has 84 valence electrons. The van der Waals surface area contributed by atoms with Gasteiger partial charge in [-0.2, -0.15) is 5.26 Å². The third kappa shape index (κ3) is 3.17. The smallest absolute Gasteiger partial charge is 0.0843 e. The van der Waals surface area contributed by atoms with Crippen LogP contribution in [0.25, 0.3) is 11.1 Å². The first-order chi connectivity index (χ1) is 8.40. The van der Waals surface area contributed by atoms with Crippen molar-refractivity contribution in [2.24, 2.45) is 0 Å². The van der Waals surface area contributed by atoms with Crippen molar-refractivity contribution in [3.05, 3.63) is 60.2 Å². The Morgan fingerprint density at radius 1 is 0.882 bits per heavy atom. The summed E-state index contributed by atoms with van der Waals surface area (Å²) in [5, 5.41) is 11.5. The van der Waals surface area contributed by atoms with E-state index in [1.165, 1.54) is 16.7 Å². The molecule has 2 aromatic rings. The van der Waals surface area contributed by atoms with Gasteiger partial charge in [-0.25, -0.2) is 0 Å². The largest absolute Gasteiger partial charge is 0.300 e. The molecule has 0 saturated carbocycles. The van der Waals surface area contributed by atoms with Crippen LogP contribution in [0, 0.1) is 11.3 Å². The Labute approximate surface area is 102 Å². The summed E-state index contributed by atoms with van der Waals surface area (Å²) in [6.45, 7) is 1.13. The summed E-state index contributed by atoms with van der Waals surface area (Å²) in [7, 11) is 0. The first kappa shape index (κ1) is 11.4. The minimum absolute atomic E-state index is 0.389. The fourth-order valence-corrected chi connectivity index (χ4v) is 1.71. The first-order valence-corrected chi connectivity index (χ1v) is 5.62. The highest BCUT2D eigenvalue weighted by molar-refractivity contribution is 5.63. The predicted molar refractivity (Wildman–Crippen MR) is 69.2 cm³/mol. The van der Waals surface area contributed by atoms with E-state index in [-0.39, 0.29) is 0 Å². The Morgan fingerprint density at radius 3 is 2.18 bits per heavy atom. The number of rotatable bonds is 4. The van der Waals surface area contributed by atoms with E-state index < -0.39 is 0 Å². The van der Waals surface area contributed by atoms with E-state index in [4.69, 9.17) is 5.26 Å². The maximum absolute atomic E-state index is 8.42. The molecule has 0 saturated heterocycles. The number of nitrogens with one attached hydrogen (secondary N) is 1. The van der Waals surface area contributed by atoms with Crippen LogP contribution in [-0.4, -0.2) is 6.54 Å². The number of nitriles is 1. The molecule has 0 aliphatic carbocycles. The maximum Gasteiger partial charge on any atom is 0.0843 e. The molecule has 2 rings (SSSR count). The average molecular weight is 222 g/mol. The summed E-state index contributed by atoms with van der Waals surface area (Å²) in [5.41, 5.74) is 3.64. The normalized spacial score (nSPS) is 9.82. The molecule has 0 aliphatic rings. The SMILES string of the molecule is N#CCNCc1ccc(-c2ccccc2)cc1. The Kier molecular flexibility index (Phi) is 3.90. The van der Waals surface area contributed by atoms with E-state index >= 15 is 0 Å². The summed E-state index contributed by atoms with van der Waals surface area (Å²) < 4.78 is 0. The topological polar surface area (TPSA) is 35.8 Å². The number of hydrogen-bond donors (Lipinski definition) is 1. The van der Waals surface area contributed by atoms with Gasteiger partial charge in [-0.05, 0) is 16.7 Å². The Bertz CT molecular complexity index is 495. The highest BCUT2D eigenvalue weighted by Crippen LogP contribution is 2.18. The first-order valence-electron chi connectivity index (χ1n) is 5.62. The van der Waals surface area contributed by atoms with Gasteiger partial charge in [-0.15, -0.1) is 0 Å². The molecule has 0 aliphatic heterocycles. The number of nitrogens with zero attached hydrogens (tertiary/aromatic N) is 1. The molecule has 17 heavy (non-hydrogen) atoms. The van der Waals surface area contributed by atoms with Gasteiger partial charge in [0.2, 0.25) is 0 Å². The Morgan fingerprint density at radius 2 is 1.53 bits per heavy atom. The number of benzene rings is 2. The summed E-state index contributed by atoms with van der Waals surface area (Å²) in [6, 6.07) is 20.8. The van der Waals surface area contributed by atoms with Crippen molar-refractivity contribution in [3.63, 3.8) is 0 Å². The van der Waals surface area contributed by atoms with E-state index in [2.05, 4.69) is 47.8 Å². The zero-order chi connectivity index (χ0) is 11.9. The van der Waals surface area contributed by atoms with E-state index in [0.29, 0.717) is 6.54 Å². The minimum atomic E-state index is 0.389. The van der Waals surface area contributed by atoms with E-state index in [0.717, 1.165) is 6.54 Å². The molecule has 2 nitrogen and oxygen atoms in total. The van der Waals surface area contributed by atoms with Gasteiger partial charge in [-0.1, -0.05) is 54.6 Å². The summed E-state index contributed by atoms with van der Waals surface area (Å²) >= 11 is 0. The molecule has 0 spiro atoms. The quantitative estimate of drug-likeness (QED) is 0.637. The summed E-state index contributed by atoms with van der Waals surface area (Å²) in [5.74, 6) is 0. The second-order valence-corrected chi connectivity index (χ2v) is 3.82. The number of hydrogen-bond acceptors (Lipinski definition) is 2. The molecule has 2 heteroatoms. The molecule has 0 aromatic heterocycles. The van der Waals surface area contributed by atoms with Crippen molar-refractivity contribution in [2.75, 3.05) is 6.54 Å². The van der Waals surface area contributed by atoms with Crippen LogP contribution in [-0.2, 0) is 6.54 Å². The lowest BCUT2D eigenvalue weighted by molar-refractivity contribution is 0.766. The van der Waals surface area contributed by atoms with Crippen LogP contribution in [0.1, 0.15) is 5.56 Å². The van der Waals surface area contributed by atoms with Gasteiger partial charge in [0.1, 0.15) is 0 Å². The van der Waals surface area contributed by atoms with Crippen molar-refractivity contribution >= 4 is 0 Å². The van der Waals surface area contributed by atoms with Gasteiger partial charge in [-0.3, -0.25) is 0 Å². The van der Waals surface area contributed by atoms with Gasteiger partial charge < -0.3 is 5.32 Å². The monoisotopic (exact) mass is 222 g/mol. The molecule has 0 amide bonds. The van der Waals surface area contributed by atoms with Gasteiger partial charge >= 0.3 is 0 Å². The maximum atomic E-state index is 8.42. The second-order valence-electron chi connectivity index (χ2n) is 3.82. The van der Waals surface area contributed by atoms with Gasteiger partial charge in [0.15, 0.2) is 0 Å². The van der Waals surface area contributed by atoms with Crippen molar-refractivity contribution in [3.8, 4) is 17.2 Å². The van der Waals surface area contributed by atoms with Crippen LogP contribution in [0.15, 0.2) is 54.6 Å². The van der Waals surface area contributed by atoms with Crippen LogP contribution in [0.2, 0.25) is 0 Å². The Hall–Kier alpha value is -2.11. The lowest BCUT2D eigenvalue weighted by Gasteiger charge is -2.04. The molecular weight excluding hydrogens is 208 g/mol. The van der Waals surface area contributed by atoms with Gasteiger partial charge in [0.25, 0.3) is 0 Å². The predicted octanol–water partition coefficient (Wildman–Crippen LogP) is 2.97. The third-order valence-electron chi connectivity index (χ3n) is 2.59. The molecule has 2 aromatic carbocycles. The lowest BCUT2D eigenvalue weighted by Crippen LogP contribution is -2.12. The fraction of sp³-hybridized carbons (Fsp3) is 0.133. The Balaban J connectivity index is 2.06. The molecular formula is C15H14N2. The second kappa shape index (κ2) is 5.83. The van der Waals surface area contributed by atoms with Gasteiger partial charge in [0.05, 0.1) is 12.6 Å². The minimum Gasteiger partial charge on any atom is -0.300 e. The van der Waals surface area contributed by atoms with Crippen molar-refractivity contribution in [1.29, 1.82) is 5.26 Å². The van der Waals surface area contributed by atoms with Crippen LogP contribution >= 0.6 is 0 Å². The van der Waals surface area contributed by atoms with E-state index in [9.17, 15) is 0 Å². The van der Waals surface area contributed by atoms with Crippen LogP contribution < -0.4 is 5.32 Å². The highest BCUT2D eigenvalue weighted by Gasteiger charge is 1.96. The molecule has 0 radical (unpaired) electrons. The summed E-state index contributed by atoms with van der Waals surface area (Å²) in [4.78, 5) is 0. The highest BCUT2D eigenvalue weighted by atomic mass is 14.8. The van der Waals surface area contributed by atoms with Crippen molar-refractivity contribution in [1.82, 2.24) is 5.32 Å². The van der Waals surface area contributed by atoms with Crippen LogP contribution in [0.5, 0.6) is 0 Å². The zero-order valence-electron chi connectivity index (χ0n) is 9.56. The zero-order valence-corrected chi connectivity index (χ0v) is 9.56. The molecule has 0 fully saturated rings. The molecule has 0 heterocycles. The lowest BCUT2D eigenvalue weighted by atomic mass is 10.0.